The van der Waals surface area contributed by atoms with E-state index in [1.165, 1.54) is 0 Å². The number of Topliss-reactive ketones (excluding diaryl/α,β-unsaturated/α-hetero) is 1. The van der Waals surface area contributed by atoms with Gasteiger partial charge in [0.15, 0.2) is 11.0 Å². The van der Waals surface area contributed by atoms with Gasteiger partial charge >= 0.3 is 0 Å². The first kappa shape index (κ1) is 11.3. The van der Waals surface area contributed by atoms with E-state index >= 15 is 0 Å². The number of carbonyl (C=O) groups is 1. The van der Waals surface area contributed by atoms with Gasteiger partial charge in [0, 0.05) is 19.6 Å². The van der Waals surface area contributed by atoms with Crippen LogP contribution in [0.5, 0.6) is 0 Å². The minimum absolute atomic E-state index is 0.0334. The van der Waals surface area contributed by atoms with Gasteiger partial charge < -0.3 is 9.15 Å². The fraction of sp³-hybridized carbons (Fsp3) is 0.500. The van der Waals surface area contributed by atoms with Crippen molar-refractivity contribution in [2.24, 2.45) is 5.92 Å². The summed E-state index contributed by atoms with van der Waals surface area (Å²) >= 11 is 5.57. The third-order valence-electron chi connectivity index (χ3n) is 2.02. The Kier molecular flexibility index (Phi) is 4.17. The normalized spacial score (nSPS) is 12.8. The summed E-state index contributed by atoms with van der Waals surface area (Å²) < 4.78 is 9.92. The van der Waals surface area contributed by atoms with Gasteiger partial charge in [0.1, 0.15) is 0 Å². The van der Waals surface area contributed by atoms with Crippen molar-refractivity contribution < 1.29 is 13.9 Å². The third kappa shape index (κ3) is 2.86. The number of ketones is 1. The molecule has 0 fully saturated rings. The largest absolute Gasteiger partial charge is 0.442 e. The number of ether oxygens (including phenoxy) is 1. The van der Waals surface area contributed by atoms with Gasteiger partial charge in [0.05, 0.1) is 0 Å². The standard InChI is InChI=1S/C10H13ClO3/c1-7(5-6-13-2)10(12)8-3-4-9(11)14-8/h3-4,7H,5-6H2,1-2H3. The molecule has 78 valence electrons. The predicted molar refractivity (Wildman–Crippen MR) is 53.7 cm³/mol. The van der Waals surface area contributed by atoms with E-state index in [0.29, 0.717) is 18.8 Å². The second kappa shape index (κ2) is 5.17. The molecule has 0 radical (unpaired) electrons. The third-order valence-corrected chi connectivity index (χ3v) is 2.22. The molecule has 0 aliphatic heterocycles. The van der Waals surface area contributed by atoms with E-state index in [9.17, 15) is 4.79 Å². The molecule has 0 saturated heterocycles. The molecule has 0 N–H and O–H groups in total. The molecule has 0 saturated carbocycles. The monoisotopic (exact) mass is 216 g/mol. The molecule has 0 spiro atoms. The van der Waals surface area contributed by atoms with Gasteiger partial charge in [-0.1, -0.05) is 6.92 Å². The highest BCUT2D eigenvalue weighted by Crippen LogP contribution is 2.18. The molecule has 1 aromatic heterocycles. The van der Waals surface area contributed by atoms with Crippen LogP contribution in [0, 0.1) is 5.92 Å². The minimum Gasteiger partial charge on any atom is -0.442 e. The Balaban J connectivity index is 2.56. The van der Waals surface area contributed by atoms with Gasteiger partial charge in [-0.25, -0.2) is 0 Å². The van der Waals surface area contributed by atoms with Crippen LogP contribution in [0.25, 0.3) is 0 Å². The number of halogens is 1. The summed E-state index contributed by atoms with van der Waals surface area (Å²) in [4.78, 5) is 11.7. The predicted octanol–water partition coefficient (Wildman–Crippen LogP) is 2.79. The van der Waals surface area contributed by atoms with Crippen molar-refractivity contribution in [2.45, 2.75) is 13.3 Å². The molecule has 0 aliphatic rings. The summed E-state index contributed by atoms with van der Waals surface area (Å²) in [7, 11) is 1.61. The van der Waals surface area contributed by atoms with Crippen molar-refractivity contribution in [3.8, 4) is 0 Å². The molecule has 1 atom stereocenters. The molecule has 1 unspecified atom stereocenters. The minimum atomic E-state index is -0.0998. The van der Waals surface area contributed by atoms with E-state index in [-0.39, 0.29) is 16.9 Å². The van der Waals surface area contributed by atoms with Crippen LogP contribution < -0.4 is 0 Å². The first-order valence-corrected chi connectivity index (χ1v) is 4.81. The molecule has 0 aromatic carbocycles. The van der Waals surface area contributed by atoms with E-state index in [2.05, 4.69) is 0 Å². The van der Waals surface area contributed by atoms with Crippen LogP contribution in [0.2, 0.25) is 5.22 Å². The topological polar surface area (TPSA) is 39.4 Å². The van der Waals surface area contributed by atoms with Gasteiger partial charge in [-0.15, -0.1) is 0 Å². The Labute approximate surface area is 88.0 Å². The van der Waals surface area contributed by atoms with Gasteiger partial charge in [-0.3, -0.25) is 4.79 Å². The smallest absolute Gasteiger partial charge is 0.200 e. The van der Waals surface area contributed by atoms with Crippen LogP contribution in [-0.2, 0) is 4.74 Å². The number of rotatable bonds is 5. The Morgan fingerprint density at radius 1 is 1.64 bits per heavy atom. The summed E-state index contributed by atoms with van der Waals surface area (Å²) in [5, 5.41) is 0.243. The molecule has 4 heteroatoms. The average Bonchev–Trinajstić information content (AvgIpc) is 2.60. The van der Waals surface area contributed by atoms with Crippen LogP contribution in [0.3, 0.4) is 0 Å². The highest BCUT2D eigenvalue weighted by molar-refractivity contribution is 6.29. The van der Waals surface area contributed by atoms with Crippen molar-refractivity contribution in [3.63, 3.8) is 0 Å². The van der Waals surface area contributed by atoms with E-state index in [0.717, 1.165) is 0 Å². The van der Waals surface area contributed by atoms with E-state index in [4.69, 9.17) is 20.8 Å². The fourth-order valence-corrected chi connectivity index (χ4v) is 1.26. The molecule has 0 amide bonds. The Hall–Kier alpha value is -0.800. The molecule has 14 heavy (non-hydrogen) atoms. The Morgan fingerprint density at radius 2 is 2.36 bits per heavy atom. The van der Waals surface area contributed by atoms with Gasteiger partial charge in [-0.2, -0.15) is 0 Å². The van der Waals surface area contributed by atoms with Gasteiger partial charge in [0.25, 0.3) is 0 Å². The van der Waals surface area contributed by atoms with Gasteiger partial charge in [0.2, 0.25) is 5.78 Å². The van der Waals surface area contributed by atoms with Crippen molar-refractivity contribution in [2.75, 3.05) is 13.7 Å². The maximum Gasteiger partial charge on any atom is 0.200 e. The van der Waals surface area contributed by atoms with Crippen molar-refractivity contribution in [1.82, 2.24) is 0 Å². The first-order valence-electron chi connectivity index (χ1n) is 4.43. The summed E-state index contributed by atoms with van der Waals surface area (Å²) in [5.41, 5.74) is 0. The van der Waals surface area contributed by atoms with E-state index in [1.54, 1.807) is 19.2 Å². The summed E-state index contributed by atoms with van der Waals surface area (Å²) in [6.45, 7) is 2.42. The van der Waals surface area contributed by atoms with Crippen LogP contribution in [0.1, 0.15) is 23.9 Å². The fourth-order valence-electron chi connectivity index (χ4n) is 1.12. The zero-order valence-corrected chi connectivity index (χ0v) is 9.00. The van der Waals surface area contributed by atoms with E-state index in [1.807, 2.05) is 6.92 Å². The number of hydrogen-bond acceptors (Lipinski definition) is 3. The quantitative estimate of drug-likeness (QED) is 0.711. The molecule has 3 nitrogen and oxygen atoms in total. The second-order valence-corrected chi connectivity index (χ2v) is 3.52. The number of methoxy groups -OCH3 is 1. The lowest BCUT2D eigenvalue weighted by molar-refractivity contribution is 0.0866. The zero-order valence-electron chi connectivity index (χ0n) is 8.25. The highest BCUT2D eigenvalue weighted by atomic mass is 35.5. The Bertz CT molecular complexity index is 306. The van der Waals surface area contributed by atoms with E-state index < -0.39 is 0 Å². The molecule has 1 rings (SSSR count). The zero-order chi connectivity index (χ0) is 10.6. The van der Waals surface area contributed by atoms with Crippen molar-refractivity contribution >= 4 is 17.4 Å². The molecule has 1 heterocycles. The summed E-state index contributed by atoms with van der Waals surface area (Å²) in [6.07, 6.45) is 0.688. The number of furan rings is 1. The lowest BCUT2D eigenvalue weighted by Gasteiger charge is -2.06. The first-order chi connectivity index (χ1) is 6.65. The molecular formula is C10H13ClO3. The molecular weight excluding hydrogens is 204 g/mol. The van der Waals surface area contributed by atoms with Crippen molar-refractivity contribution in [3.05, 3.63) is 23.1 Å². The maximum absolute atomic E-state index is 11.7. The molecule has 0 aliphatic carbocycles. The maximum atomic E-state index is 11.7. The second-order valence-electron chi connectivity index (χ2n) is 3.15. The van der Waals surface area contributed by atoms with Crippen LogP contribution in [-0.4, -0.2) is 19.5 Å². The van der Waals surface area contributed by atoms with Crippen LogP contribution in [0.4, 0.5) is 0 Å². The average molecular weight is 217 g/mol. The van der Waals surface area contributed by atoms with Crippen molar-refractivity contribution in [1.29, 1.82) is 0 Å². The Morgan fingerprint density at radius 3 is 2.86 bits per heavy atom. The summed E-state index contributed by atoms with van der Waals surface area (Å²) in [6, 6.07) is 3.16. The highest BCUT2D eigenvalue weighted by Gasteiger charge is 2.18. The van der Waals surface area contributed by atoms with Gasteiger partial charge in [-0.05, 0) is 30.2 Å². The summed E-state index contributed by atoms with van der Waals surface area (Å²) in [5.74, 6) is 0.185. The molecule has 1 aromatic rings. The van der Waals surface area contributed by atoms with Crippen LogP contribution in [0.15, 0.2) is 16.5 Å². The number of hydrogen-bond donors (Lipinski definition) is 0. The lowest BCUT2D eigenvalue weighted by Crippen LogP contribution is -2.12. The SMILES string of the molecule is COCCC(C)C(=O)c1ccc(Cl)o1. The lowest BCUT2D eigenvalue weighted by atomic mass is 10.0. The van der Waals surface area contributed by atoms with Crippen LogP contribution >= 0.6 is 11.6 Å². The molecule has 0 bridgehead atoms. The number of carbonyl (C=O) groups excluding carboxylic acids is 1.